The fourth-order valence-corrected chi connectivity index (χ4v) is 3.78. The van der Waals surface area contributed by atoms with Crippen LogP contribution in [0.15, 0.2) is 52.8 Å². The van der Waals surface area contributed by atoms with Crippen LogP contribution in [0.1, 0.15) is 36.5 Å². The summed E-state index contributed by atoms with van der Waals surface area (Å²) in [6, 6.07) is 11.2. The summed E-state index contributed by atoms with van der Waals surface area (Å²) in [5, 5.41) is 12.0. The first-order valence-corrected chi connectivity index (χ1v) is 10.3. The van der Waals surface area contributed by atoms with E-state index in [1.807, 2.05) is 44.2 Å². The van der Waals surface area contributed by atoms with Crippen LogP contribution in [-0.2, 0) is 14.4 Å². The number of amides is 3. The molecule has 1 fully saturated rings. The van der Waals surface area contributed by atoms with Crippen molar-refractivity contribution in [1.82, 2.24) is 5.01 Å². The molecule has 2 heterocycles. The number of hydrogen-bond acceptors (Lipinski definition) is 6. The van der Waals surface area contributed by atoms with Gasteiger partial charge in [-0.15, -0.1) is 0 Å². The van der Waals surface area contributed by atoms with Crippen LogP contribution in [0, 0.1) is 13.8 Å². The lowest BCUT2D eigenvalue weighted by molar-refractivity contribution is -0.123. The molecule has 4 rings (SSSR count). The average Bonchev–Trinajstić information content (AvgIpc) is 3.24. The third-order valence-corrected chi connectivity index (χ3v) is 5.77. The summed E-state index contributed by atoms with van der Waals surface area (Å²) in [6.07, 6.45) is 0. The molecule has 0 aliphatic carbocycles. The Morgan fingerprint density at radius 2 is 1.74 bits per heavy atom. The molecular formula is C23H25N5O3. The summed E-state index contributed by atoms with van der Waals surface area (Å²) < 4.78 is 0. The Morgan fingerprint density at radius 3 is 2.39 bits per heavy atom. The molecule has 0 unspecified atom stereocenters. The molecule has 0 spiro atoms. The second kappa shape index (κ2) is 7.94. The first kappa shape index (κ1) is 20.7. The first-order valence-electron chi connectivity index (χ1n) is 10.3. The van der Waals surface area contributed by atoms with Crippen LogP contribution >= 0.6 is 0 Å². The second-order valence-corrected chi connectivity index (χ2v) is 8.30. The molecular weight excluding hydrogens is 394 g/mol. The standard InChI is InChI=1S/C23H25N5O3/c1-13(2)16-6-9-18(10-7-16)28-22(30)20-21(23(28)31)27(26-25-20)12-19(29)24-17-8-5-14(3)15(4)11-17/h5-11,13,20-21H,12H2,1-4H3,(H,24,29)/t20-,21+/m1/s1. The van der Waals surface area contributed by atoms with E-state index in [9.17, 15) is 14.4 Å². The molecule has 0 bridgehead atoms. The van der Waals surface area contributed by atoms with E-state index in [1.54, 1.807) is 12.1 Å². The van der Waals surface area contributed by atoms with Gasteiger partial charge in [0.2, 0.25) is 5.91 Å². The Kier molecular flexibility index (Phi) is 5.31. The van der Waals surface area contributed by atoms with Crippen molar-refractivity contribution in [3.63, 3.8) is 0 Å². The van der Waals surface area contributed by atoms with Gasteiger partial charge in [-0.3, -0.25) is 19.4 Å². The van der Waals surface area contributed by atoms with Gasteiger partial charge in [0.1, 0.15) is 6.54 Å². The van der Waals surface area contributed by atoms with Crippen LogP contribution in [0.4, 0.5) is 11.4 Å². The number of fused-ring (bicyclic) bond motifs is 1. The van der Waals surface area contributed by atoms with Gasteiger partial charge in [0.05, 0.1) is 5.69 Å². The van der Waals surface area contributed by atoms with Gasteiger partial charge in [-0.2, -0.15) is 5.11 Å². The van der Waals surface area contributed by atoms with Crippen LogP contribution in [0.5, 0.6) is 0 Å². The molecule has 8 heteroatoms. The number of carbonyl (C=O) groups is 3. The van der Waals surface area contributed by atoms with Crippen LogP contribution in [0.2, 0.25) is 0 Å². The Labute approximate surface area is 180 Å². The zero-order valence-electron chi connectivity index (χ0n) is 18.0. The molecule has 2 atom stereocenters. The molecule has 8 nitrogen and oxygen atoms in total. The van der Waals surface area contributed by atoms with Gasteiger partial charge in [-0.05, 0) is 60.7 Å². The number of nitrogens with zero attached hydrogens (tertiary/aromatic N) is 4. The van der Waals surface area contributed by atoms with Gasteiger partial charge in [0.25, 0.3) is 11.8 Å². The van der Waals surface area contributed by atoms with Gasteiger partial charge in [0.15, 0.2) is 12.1 Å². The minimum absolute atomic E-state index is 0.170. The van der Waals surface area contributed by atoms with Crippen molar-refractivity contribution in [2.45, 2.75) is 45.7 Å². The highest BCUT2D eigenvalue weighted by atomic mass is 16.2. The fraction of sp³-hybridized carbons (Fsp3) is 0.348. The van der Waals surface area contributed by atoms with Crippen molar-refractivity contribution in [1.29, 1.82) is 0 Å². The monoisotopic (exact) mass is 419 g/mol. The van der Waals surface area contributed by atoms with Crippen LogP contribution in [0.25, 0.3) is 0 Å². The zero-order valence-corrected chi connectivity index (χ0v) is 18.0. The fourth-order valence-electron chi connectivity index (χ4n) is 3.78. The number of hydrogen-bond donors (Lipinski definition) is 1. The summed E-state index contributed by atoms with van der Waals surface area (Å²) in [4.78, 5) is 39.6. The minimum Gasteiger partial charge on any atom is -0.324 e. The van der Waals surface area contributed by atoms with E-state index in [-0.39, 0.29) is 12.5 Å². The van der Waals surface area contributed by atoms with Gasteiger partial charge in [-0.25, -0.2) is 4.90 Å². The largest absolute Gasteiger partial charge is 0.324 e. The van der Waals surface area contributed by atoms with E-state index in [1.165, 1.54) is 5.01 Å². The Morgan fingerprint density at radius 1 is 1.03 bits per heavy atom. The van der Waals surface area contributed by atoms with E-state index in [0.29, 0.717) is 17.3 Å². The molecule has 0 aromatic heterocycles. The Balaban J connectivity index is 1.47. The lowest BCUT2D eigenvalue weighted by atomic mass is 10.0. The molecule has 0 saturated carbocycles. The Bertz CT molecular complexity index is 1080. The van der Waals surface area contributed by atoms with Crippen LogP contribution in [0.3, 0.4) is 0 Å². The quantitative estimate of drug-likeness (QED) is 0.752. The van der Waals surface area contributed by atoms with E-state index >= 15 is 0 Å². The van der Waals surface area contributed by atoms with E-state index in [2.05, 4.69) is 29.5 Å². The lowest BCUT2D eigenvalue weighted by Crippen LogP contribution is -2.43. The van der Waals surface area contributed by atoms with Crippen molar-refractivity contribution < 1.29 is 14.4 Å². The molecule has 2 aromatic rings. The van der Waals surface area contributed by atoms with E-state index < -0.39 is 23.9 Å². The molecule has 3 amide bonds. The highest BCUT2D eigenvalue weighted by Gasteiger charge is 2.55. The number of anilines is 2. The molecule has 0 radical (unpaired) electrons. The third-order valence-electron chi connectivity index (χ3n) is 5.77. The van der Waals surface area contributed by atoms with E-state index in [4.69, 9.17) is 0 Å². The van der Waals surface area contributed by atoms with Crippen molar-refractivity contribution in [2.24, 2.45) is 10.3 Å². The summed E-state index contributed by atoms with van der Waals surface area (Å²) >= 11 is 0. The van der Waals surface area contributed by atoms with Gasteiger partial charge in [0, 0.05) is 5.69 Å². The maximum Gasteiger partial charge on any atom is 0.263 e. The minimum atomic E-state index is -0.924. The van der Waals surface area contributed by atoms with Gasteiger partial charge >= 0.3 is 0 Å². The molecule has 2 aliphatic rings. The van der Waals surface area contributed by atoms with Gasteiger partial charge < -0.3 is 5.32 Å². The maximum atomic E-state index is 13.1. The normalized spacial score (nSPS) is 20.0. The van der Waals surface area contributed by atoms with Crippen molar-refractivity contribution in [3.8, 4) is 0 Å². The summed E-state index contributed by atoms with van der Waals surface area (Å²) in [5.41, 5.74) is 4.48. The van der Waals surface area contributed by atoms with Crippen molar-refractivity contribution in [3.05, 3.63) is 59.2 Å². The van der Waals surface area contributed by atoms with Crippen LogP contribution < -0.4 is 10.2 Å². The lowest BCUT2D eigenvalue weighted by Gasteiger charge is -2.20. The maximum absolute atomic E-state index is 13.1. The molecule has 31 heavy (non-hydrogen) atoms. The Hall–Kier alpha value is -3.55. The number of imide groups is 1. The number of benzene rings is 2. The number of rotatable bonds is 5. The predicted molar refractivity (Wildman–Crippen MR) is 117 cm³/mol. The number of nitrogens with one attached hydrogen (secondary N) is 1. The van der Waals surface area contributed by atoms with Crippen LogP contribution in [-0.4, -0.2) is 41.4 Å². The van der Waals surface area contributed by atoms with Gasteiger partial charge in [-0.1, -0.05) is 37.3 Å². The number of aryl methyl sites for hydroxylation is 2. The summed E-state index contributed by atoms with van der Waals surface area (Å²) in [7, 11) is 0. The third kappa shape index (κ3) is 3.81. The molecule has 160 valence electrons. The topological polar surface area (TPSA) is 94.4 Å². The van der Waals surface area contributed by atoms with Crippen molar-refractivity contribution in [2.75, 3.05) is 16.8 Å². The predicted octanol–water partition coefficient (Wildman–Crippen LogP) is 3.36. The molecule has 2 aliphatic heterocycles. The van der Waals surface area contributed by atoms with E-state index in [0.717, 1.165) is 21.6 Å². The summed E-state index contributed by atoms with van der Waals surface area (Å²) in [5.74, 6) is -0.828. The highest BCUT2D eigenvalue weighted by molar-refractivity contribution is 6.25. The SMILES string of the molecule is Cc1ccc(NC(=O)CN2N=N[C@H]3C(=O)N(c4ccc(C(C)C)cc4)C(=O)[C@H]32)cc1C. The highest BCUT2D eigenvalue weighted by Crippen LogP contribution is 2.32. The second-order valence-electron chi connectivity index (χ2n) is 8.30. The molecule has 2 aromatic carbocycles. The molecule has 1 saturated heterocycles. The first-order chi connectivity index (χ1) is 14.8. The van der Waals surface area contributed by atoms with Crippen molar-refractivity contribution >= 4 is 29.1 Å². The zero-order chi connectivity index (χ0) is 22.3. The number of carbonyl (C=O) groups excluding carboxylic acids is 3. The average molecular weight is 419 g/mol. The summed E-state index contributed by atoms with van der Waals surface area (Å²) in [6.45, 7) is 7.95. The molecule has 1 N–H and O–H groups in total. The smallest absolute Gasteiger partial charge is 0.263 e.